The molecule has 3 nitrogen and oxygen atoms in total. The molecule has 1 aromatic rings. The quantitative estimate of drug-likeness (QED) is 0.678. The summed E-state index contributed by atoms with van der Waals surface area (Å²) in [5.41, 5.74) is -1.28. The number of carbonyl (C=O) groups is 1. The van der Waals surface area contributed by atoms with Crippen LogP contribution in [0.2, 0.25) is 0 Å². The summed E-state index contributed by atoms with van der Waals surface area (Å²) in [5, 5.41) is 5.24. The van der Waals surface area contributed by atoms with E-state index >= 15 is 0 Å². The van der Waals surface area contributed by atoms with Gasteiger partial charge < -0.3 is 10.6 Å². The summed E-state index contributed by atoms with van der Waals surface area (Å²) < 4.78 is 77.4. The molecule has 9 heteroatoms. The molecule has 3 unspecified atom stereocenters. The highest BCUT2D eigenvalue weighted by Crippen LogP contribution is 2.38. The molecular formula is C18H22F6N2O. The van der Waals surface area contributed by atoms with Gasteiger partial charge in [-0.05, 0) is 38.3 Å². The van der Waals surface area contributed by atoms with Crippen molar-refractivity contribution in [3.63, 3.8) is 0 Å². The first-order valence-electron chi connectivity index (χ1n) is 8.75. The van der Waals surface area contributed by atoms with E-state index in [1.807, 2.05) is 0 Å². The molecule has 0 aliphatic heterocycles. The zero-order valence-electron chi connectivity index (χ0n) is 14.8. The number of carbonyl (C=O) groups excluding carboxylic acids is 1. The van der Waals surface area contributed by atoms with Crippen LogP contribution >= 0.6 is 0 Å². The van der Waals surface area contributed by atoms with E-state index in [0.29, 0.717) is 12.8 Å². The highest BCUT2D eigenvalue weighted by molar-refractivity contribution is 5.92. The van der Waals surface area contributed by atoms with Crippen LogP contribution in [0.1, 0.15) is 44.6 Å². The zero-order chi connectivity index (χ0) is 20.2. The maximum atomic E-state index is 12.9. The van der Waals surface area contributed by atoms with Crippen molar-refractivity contribution in [1.82, 2.24) is 5.32 Å². The lowest BCUT2D eigenvalue weighted by Gasteiger charge is -2.32. The monoisotopic (exact) mass is 396 g/mol. The molecule has 0 heterocycles. The predicted octanol–water partition coefficient (Wildman–Crippen LogP) is 5.13. The summed E-state index contributed by atoms with van der Waals surface area (Å²) in [6.45, 7) is 1.63. The van der Waals surface area contributed by atoms with Crippen molar-refractivity contribution < 1.29 is 31.1 Å². The van der Waals surface area contributed by atoms with Crippen molar-refractivity contribution in [1.29, 1.82) is 0 Å². The first kappa shape index (κ1) is 21.5. The Morgan fingerprint density at radius 1 is 1.15 bits per heavy atom. The number of anilines is 1. The fourth-order valence-corrected chi connectivity index (χ4v) is 3.42. The third-order valence-corrected chi connectivity index (χ3v) is 4.66. The van der Waals surface area contributed by atoms with Crippen LogP contribution in [0.15, 0.2) is 24.3 Å². The van der Waals surface area contributed by atoms with Gasteiger partial charge in [0.25, 0.3) is 0 Å². The van der Waals surface area contributed by atoms with Crippen LogP contribution in [0.3, 0.4) is 0 Å². The smallest absolute Gasteiger partial charge is 0.325 e. The van der Waals surface area contributed by atoms with Crippen LogP contribution in [-0.4, -0.2) is 24.2 Å². The first-order chi connectivity index (χ1) is 12.5. The van der Waals surface area contributed by atoms with E-state index in [1.165, 1.54) is 12.1 Å². The van der Waals surface area contributed by atoms with Gasteiger partial charge in [-0.15, -0.1) is 0 Å². The van der Waals surface area contributed by atoms with Gasteiger partial charge in [-0.25, -0.2) is 0 Å². The molecule has 2 rings (SSSR count). The number of alkyl halides is 6. The lowest BCUT2D eigenvalue weighted by atomic mass is 9.85. The highest BCUT2D eigenvalue weighted by Gasteiger charge is 2.42. The number of hydrogen-bond donors (Lipinski definition) is 2. The fraction of sp³-hybridized carbons (Fsp3) is 0.611. The normalized spacial score (nSPS) is 22.3. The minimum Gasteiger partial charge on any atom is -0.325 e. The highest BCUT2D eigenvalue weighted by atomic mass is 19.4. The average Bonchev–Trinajstić information content (AvgIpc) is 2.53. The van der Waals surface area contributed by atoms with Gasteiger partial charge >= 0.3 is 12.4 Å². The van der Waals surface area contributed by atoms with E-state index < -0.39 is 35.8 Å². The van der Waals surface area contributed by atoms with E-state index in [2.05, 4.69) is 10.6 Å². The number of hydrogen-bond acceptors (Lipinski definition) is 2. The summed E-state index contributed by atoms with van der Waals surface area (Å²) in [6, 6.07) is 3.81. The molecular weight excluding hydrogens is 374 g/mol. The Morgan fingerprint density at radius 3 is 2.44 bits per heavy atom. The molecule has 1 fully saturated rings. The second kappa shape index (κ2) is 8.50. The number of amides is 1. The largest absolute Gasteiger partial charge is 0.418 e. The molecule has 0 aromatic heterocycles. The topological polar surface area (TPSA) is 41.1 Å². The molecule has 152 valence electrons. The van der Waals surface area contributed by atoms with Crippen molar-refractivity contribution in [3.05, 3.63) is 29.8 Å². The van der Waals surface area contributed by atoms with E-state index in [4.69, 9.17) is 0 Å². The third kappa shape index (κ3) is 6.41. The maximum Gasteiger partial charge on any atom is 0.418 e. The van der Waals surface area contributed by atoms with Crippen LogP contribution in [0, 0.1) is 5.92 Å². The van der Waals surface area contributed by atoms with Crippen LogP contribution in [0.25, 0.3) is 0 Å². The second-order valence-corrected chi connectivity index (χ2v) is 6.97. The summed E-state index contributed by atoms with van der Waals surface area (Å²) in [7, 11) is 0. The standard InChI is InChI=1S/C18H22F6N2O/c1-11(25-13-6-4-5-12(10-13)17(19,20)21)9-16(27)26-15-8-3-2-7-14(15)18(22,23)24/h2-3,7-8,11-13,25H,4-6,9-10H2,1H3,(H,26,27). The molecule has 1 aliphatic rings. The summed E-state index contributed by atoms with van der Waals surface area (Å²) in [4.78, 5) is 12.1. The molecule has 1 aliphatic carbocycles. The molecule has 1 amide bonds. The SMILES string of the molecule is CC(CC(=O)Nc1ccccc1C(F)(F)F)NC1CCCC(C(F)(F)F)C1. The second-order valence-electron chi connectivity index (χ2n) is 6.97. The van der Waals surface area contributed by atoms with Crippen LogP contribution < -0.4 is 10.6 Å². The summed E-state index contributed by atoms with van der Waals surface area (Å²) >= 11 is 0. The number of benzene rings is 1. The Morgan fingerprint density at radius 2 is 1.81 bits per heavy atom. The molecule has 2 N–H and O–H groups in total. The molecule has 0 bridgehead atoms. The van der Waals surface area contributed by atoms with Crippen LogP contribution in [0.5, 0.6) is 0 Å². The van der Waals surface area contributed by atoms with Gasteiger partial charge in [-0.3, -0.25) is 4.79 Å². The van der Waals surface area contributed by atoms with Gasteiger partial charge in [0.15, 0.2) is 0 Å². The van der Waals surface area contributed by atoms with Gasteiger partial charge in [-0.1, -0.05) is 18.6 Å². The lowest BCUT2D eigenvalue weighted by Crippen LogP contribution is -2.43. The number of nitrogens with one attached hydrogen (secondary N) is 2. The predicted molar refractivity (Wildman–Crippen MR) is 89.1 cm³/mol. The summed E-state index contributed by atoms with van der Waals surface area (Å²) in [6.07, 6.45) is -7.89. The van der Waals surface area contributed by atoms with Gasteiger partial charge in [-0.2, -0.15) is 26.3 Å². The minimum atomic E-state index is -4.59. The van der Waals surface area contributed by atoms with Gasteiger partial charge in [0, 0.05) is 18.5 Å². The van der Waals surface area contributed by atoms with E-state index in [9.17, 15) is 31.1 Å². The molecule has 0 spiro atoms. The number of rotatable bonds is 5. The molecule has 0 saturated heterocycles. The van der Waals surface area contributed by atoms with Gasteiger partial charge in [0.05, 0.1) is 17.2 Å². The Labute approximate surface area is 153 Å². The number of para-hydroxylation sites is 1. The maximum absolute atomic E-state index is 12.9. The van der Waals surface area contributed by atoms with Crippen molar-refractivity contribution in [3.8, 4) is 0 Å². The van der Waals surface area contributed by atoms with Crippen molar-refractivity contribution >= 4 is 11.6 Å². The number of halogens is 6. The fourth-order valence-electron chi connectivity index (χ4n) is 3.42. The molecule has 27 heavy (non-hydrogen) atoms. The lowest BCUT2D eigenvalue weighted by molar-refractivity contribution is -0.183. The van der Waals surface area contributed by atoms with Crippen LogP contribution in [0.4, 0.5) is 32.0 Å². The van der Waals surface area contributed by atoms with E-state index in [-0.39, 0.29) is 31.0 Å². The molecule has 0 radical (unpaired) electrons. The van der Waals surface area contributed by atoms with Gasteiger partial charge in [0.2, 0.25) is 5.91 Å². The average molecular weight is 396 g/mol. The minimum absolute atomic E-state index is 0.0492. The summed E-state index contributed by atoms with van der Waals surface area (Å²) in [5.74, 6) is -1.99. The van der Waals surface area contributed by atoms with Crippen molar-refractivity contribution in [2.24, 2.45) is 5.92 Å². The Kier molecular flexibility index (Phi) is 6.77. The van der Waals surface area contributed by atoms with E-state index in [0.717, 1.165) is 12.1 Å². The van der Waals surface area contributed by atoms with Crippen LogP contribution in [-0.2, 0) is 11.0 Å². The molecule has 3 atom stereocenters. The van der Waals surface area contributed by atoms with Gasteiger partial charge in [0.1, 0.15) is 0 Å². The molecule has 1 saturated carbocycles. The Balaban J connectivity index is 1.89. The first-order valence-corrected chi connectivity index (χ1v) is 8.75. The van der Waals surface area contributed by atoms with Crippen molar-refractivity contribution in [2.45, 2.75) is 63.5 Å². The van der Waals surface area contributed by atoms with Crippen molar-refractivity contribution in [2.75, 3.05) is 5.32 Å². The van der Waals surface area contributed by atoms with E-state index in [1.54, 1.807) is 6.92 Å². The Bertz CT molecular complexity index is 643. The zero-order valence-corrected chi connectivity index (χ0v) is 14.8. The Hall–Kier alpha value is -1.77. The third-order valence-electron chi connectivity index (χ3n) is 4.66. The molecule has 1 aromatic carbocycles.